The van der Waals surface area contributed by atoms with Gasteiger partial charge < -0.3 is 4.42 Å². The van der Waals surface area contributed by atoms with Crippen LogP contribution in [0.5, 0.6) is 0 Å². The van der Waals surface area contributed by atoms with E-state index in [1.54, 1.807) is 36.7 Å². The van der Waals surface area contributed by atoms with Crippen molar-refractivity contribution in [3.05, 3.63) is 70.9 Å². The number of oxazole rings is 1. The van der Waals surface area contributed by atoms with Crippen LogP contribution in [0.4, 0.5) is 0 Å². The Morgan fingerprint density at radius 2 is 1.73 bits per heavy atom. The molecule has 2 heterocycles. The average Bonchev–Trinajstić information content (AvgIpc) is 2.98. The lowest BCUT2D eigenvalue weighted by Gasteiger charge is -2.10. The summed E-state index contributed by atoms with van der Waals surface area (Å²) in [5.41, 5.74) is 2.36. The van der Waals surface area contributed by atoms with Crippen LogP contribution in [0.25, 0.3) is 11.5 Å². The lowest BCUT2D eigenvalue weighted by Crippen LogP contribution is -2.19. The zero-order chi connectivity index (χ0) is 15.3. The number of ketones is 2. The van der Waals surface area contributed by atoms with Gasteiger partial charge >= 0.3 is 0 Å². The fourth-order valence-electron chi connectivity index (χ4n) is 2.55. The topological polar surface area (TPSA) is 73.1 Å². The Morgan fingerprint density at radius 3 is 2.45 bits per heavy atom. The molecule has 1 aliphatic carbocycles. The summed E-state index contributed by atoms with van der Waals surface area (Å²) in [6.07, 6.45) is 3.30. The molecule has 0 spiro atoms. The van der Waals surface area contributed by atoms with Crippen LogP contribution in [0.2, 0.25) is 0 Å². The molecule has 4 rings (SSSR count). The van der Waals surface area contributed by atoms with Crippen LogP contribution in [0.3, 0.4) is 0 Å². The second-order valence-electron chi connectivity index (χ2n) is 5.15. The molecule has 1 aliphatic rings. The van der Waals surface area contributed by atoms with Crippen molar-refractivity contribution in [2.24, 2.45) is 0 Å². The van der Waals surface area contributed by atoms with Crippen molar-refractivity contribution < 1.29 is 14.0 Å². The minimum absolute atomic E-state index is 0.000191. The van der Waals surface area contributed by atoms with E-state index in [-0.39, 0.29) is 28.9 Å². The maximum Gasteiger partial charge on any atom is 0.231 e. The number of benzene rings is 1. The van der Waals surface area contributed by atoms with Crippen LogP contribution in [0, 0.1) is 6.92 Å². The molecule has 0 unspecified atom stereocenters. The summed E-state index contributed by atoms with van der Waals surface area (Å²) in [6.45, 7) is 1.89. The quantitative estimate of drug-likeness (QED) is 0.539. The number of rotatable bonds is 1. The summed E-state index contributed by atoms with van der Waals surface area (Å²) in [5, 5.41) is 0. The minimum Gasteiger partial charge on any atom is -0.432 e. The van der Waals surface area contributed by atoms with Gasteiger partial charge in [0.15, 0.2) is 5.69 Å². The Kier molecular flexibility index (Phi) is 2.56. The predicted molar refractivity (Wildman–Crippen MR) is 77.8 cm³/mol. The third-order valence-corrected chi connectivity index (χ3v) is 3.59. The largest absolute Gasteiger partial charge is 0.432 e. The van der Waals surface area contributed by atoms with E-state index in [1.807, 2.05) is 13.0 Å². The van der Waals surface area contributed by atoms with Gasteiger partial charge in [0, 0.05) is 23.5 Å². The molecule has 5 nitrogen and oxygen atoms in total. The van der Waals surface area contributed by atoms with Gasteiger partial charge in [-0.2, -0.15) is 0 Å². The van der Waals surface area contributed by atoms with Gasteiger partial charge in [-0.15, -0.1) is 0 Å². The SMILES string of the molecule is Cc1cncc(-c2nc3c(o2)C(=O)c2ccccc2C3=O)c1. The van der Waals surface area contributed by atoms with Crippen LogP contribution in [0.15, 0.2) is 47.1 Å². The molecule has 0 radical (unpaired) electrons. The van der Waals surface area contributed by atoms with Gasteiger partial charge in [0.05, 0.1) is 5.56 Å². The molecule has 1 aromatic carbocycles. The molecule has 3 aromatic rings. The molecular weight excluding hydrogens is 280 g/mol. The maximum atomic E-state index is 12.5. The first kappa shape index (κ1) is 12.6. The van der Waals surface area contributed by atoms with Gasteiger partial charge in [0.25, 0.3) is 0 Å². The zero-order valence-electron chi connectivity index (χ0n) is 11.7. The Labute approximate surface area is 125 Å². The number of pyridine rings is 1. The number of aryl methyl sites for hydroxylation is 1. The van der Waals surface area contributed by atoms with E-state index in [9.17, 15) is 9.59 Å². The Balaban J connectivity index is 1.90. The summed E-state index contributed by atoms with van der Waals surface area (Å²) < 4.78 is 5.57. The van der Waals surface area contributed by atoms with E-state index in [0.717, 1.165) is 5.56 Å². The highest BCUT2D eigenvalue weighted by atomic mass is 16.4. The number of aromatic nitrogens is 2. The number of hydrogen-bond acceptors (Lipinski definition) is 5. The highest BCUT2D eigenvalue weighted by Gasteiger charge is 2.35. The normalized spacial score (nSPS) is 13.0. The van der Waals surface area contributed by atoms with Gasteiger partial charge in [0.2, 0.25) is 23.2 Å². The van der Waals surface area contributed by atoms with Gasteiger partial charge in [0.1, 0.15) is 0 Å². The monoisotopic (exact) mass is 290 g/mol. The van der Waals surface area contributed by atoms with Crippen LogP contribution in [-0.2, 0) is 0 Å². The van der Waals surface area contributed by atoms with Crippen molar-refractivity contribution >= 4 is 11.6 Å². The number of fused-ring (bicyclic) bond motifs is 2. The second-order valence-corrected chi connectivity index (χ2v) is 5.15. The highest BCUT2D eigenvalue weighted by molar-refractivity contribution is 6.26. The number of carbonyl (C=O) groups excluding carboxylic acids is 2. The standard InChI is InChI=1S/C17H10N2O3/c1-9-6-10(8-18-7-9)17-19-13-14(20)11-4-2-3-5-12(11)15(21)16(13)22-17/h2-8H,1H3. The highest BCUT2D eigenvalue weighted by Crippen LogP contribution is 2.30. The first-order chi connectivity index (χ1) is 10.6. The van der Waals surface area contributed by atoms with Crippen molar-refractivity contribution in [2.75, 3.05) is 0 Å². The first-order valence-corrected chi connectivity index (χ1v) is 6.76. The molecule has 106 valence electrons. The van der Waals surface area contributed by atoms with E-state index in [0.29, 0.717) is 16.7 Å². The summed E-state index contributed by atoms with van der Waals surface area (Å²) in [5.74, 6) is -0.374. The van der Waals surface area contributed by atoms with Crippen molar-refractivity contribution in [3.63, 3.8) is 0 Å². The fourth-order valence-corrected chi connectivity index (χ4v) is 2.55. The second kappa shape index (κ2) is 4.46. The van der Waals surface area contributed by atoms with E-state index in [1.165, 1.54) is 0 Å². The van der Waals surface area contributed by atoms with E-state index in [4.69, 9.17) is 4.42 Å². The molecule has 0 atom stereocenters. The molecular formula is C17H10N2O3. The molecule has 0 amide bonds. The van der Waals surface area contributed by atoms with E-state index >= 15 is 0 Å². The molecule has 5 heteroatoms. The lowest BCUT2D eigenvalue weighted by molar-refractivity contribution is 0.0959. The molecule has 0 aliphatic heterocycles. The number of hydrogen-bond donors (Lipinski definition) is 0. The molecule has 0 fully saturated rings. The third kappa shape index (κ3) is 1.72. The predicted octanol–water partition coefficient (Wildman–Crippen LogP) is 2.82. The molecule has 0 saturated heterocycles. The summed E-state index contributed by atoms with van der Waals surface area (Å²) in [6, 6.07) is 8.53. The fraction of sp³-hybridized carbons (Fsp3) is 0.0588. The van der Waals surface area contributed by atoms with Gasteiger partial charge in [-0.1, -0.05) is 24.3 Å². The maximum absolute atomic E-state index is 12.5. The summed E-state index contributed by atoms with van der Waals surface area (Å²) in [4.78, 5) is 33.2. The molecule has 2 aromatic heterocycles. The van der Waals surface area contributed by atoms with Crippen molar-refractivity contribution in [3.8, 4) is 11.5 Å². The Bertz CT molecular complexity index is 888. The average molecular weight is 290 g/mol. The summed E-state index contributed by atoms with van der Waals surface area (Å²) >= 11 is 0. The van der Waals surface area contributed by atoms with Crippen LogP contribution in [-0.4, -0.2) is 21.5 Å². The van der Waals surface area contributed by atoms with E-state index in [2.05, 4.69) is 9.97 Å². The van der Waals surface area contributed by atoms with Crippen LogP contribution >= 0.6 is 0 Å². The lowest BCUT2D eigenvalue weighted by atomic mass is 9.91. The van der Waals surface area contributed by atoms with Gasteiger partial charge in [-0.05, 0) is 18.6 Å². The van der Waals surface area contributed by atoms with Crippen molar-refractivity contribution in [1.82, 2.24) is 9.97 Å². The smallest absolute Gasteiger partial charge is 0.231 e. The molecule has 22 heavy (non-hydrogen) atoms. The summed E-state index contributed by atoms with van der Waals surface area (Å²) in [7, 11) is 0. The number of carbonyl (C=O) groups is 2. The van der Waals surface area contributed by atoms with Gasteiger partial charge in [-0.3, -0.25) is 14.6 Å². The van der Waals surface area contributed by atoms with Crippen LogP contribution < -0.4 is 0 Å². The number of nitrogens with zero attached hydrogens (tertiary/aromatic N) is 2. The third-order valence-electron chi connectivity index (χ3n) is 3.59. The van der Waals surface area contributed by atoms with Crippen molar-refractivity contribution in [1.29, 1.82) is 0 Å². The Morgan fingerprint density at radius 1 is 1.00 bits per heavy atom. The Hall–Kier alpha value is -3.08. The molecule has 0 saturated carbocycles. The van der Waals surface area contributed by atoms with Gasteiger partial charge in [-0.25, -0.2) is 4.98 Å². The minimum atomic E-state index is -0.315. The van der Waals surface area contributed by atoms with Crippen LogP contribution in [0.1, 0.15) is 37.7 Å². The molecule has 0 bridgehead atoms. The molecule has 0 N–H and O–H groups in total. The zero-order valence-corrected chi connectivity index (χ0v) is 11.7. The first-order valence-electron chi connectivity index (χ1n) is 6.76. The van der Waals surface area contributed by atoms with Crippen molar-refractivity contribution in [2.45, 2.75) is 6.92 Å². The van der Waals surface area contributed by atoms with E-state index < -0.39 is 0 Å².